The predicted octanol–water partition coefficient (Wildman–Crippen LogP) is 0.0135. The Kier molecular flexibility index (Phi) is 5.52. The molecule has 1 aromatic rings. The number of sulfonamides is 1. The molecule has 2 unspecified atom stereocenters. The van der Waals surface area contributed by atoms with Crippen LogP contribution in [0.1, 0.15) is 47.8 Å². The fraction of sp³-hybridized carbons (Fsp3) is 0.818. The summed E-state index contributed by atoms with van der Waals surface area (Å²) in [4.78, 5) is 14.9. The highest BCUT2D eigenvalue weighted by atomic mass is 32.2. The Balaban J connectivity index is 1.04. The molecule has 0 radical (unpaired) electrons. The van der Waals surface area contributed by atoms with Gasteiger partial charge in [-0.1, -0.05) is 5.16 Å². The molecule has 10 nitrogen and oxygen atoms in total. The van der Waals surface area contributed by atoms with Gasteiger partial charge in [-0.25, -0.2) is 8.42 Å². The minimum atomic E-state index is -3.32. The molecule has 2 N–H and O–H groups in total. The first-order valence-electron chi connectivity index (χ1n) is 12.1. The summed E-state index contributed by atoms with van der Waals surface area (Å²) in [7, 11) is -3.32. The van der Waals surface area contributed by atoms with E-state index in [1.165, 1.54) is 0 Å². The van der Waals surface area contributed by atoms with E-state index in [0.29, 0.717) is 50.2 Å². The molecule has 6 atom stereocenters. The van der Waals surface area contributed by atoms with Crippen LogP contribution < -0.4 is 5.32 Å². The SMILES string of the molecule is O=C(NC1C[C@H]2CC[C@@H](C1)N2S(=O)(=O)CC1[C@H]2CN(CCO)C[C@@H]12)c1cc(C2COC2)on1. The minimum Gasteiger partial charge on any atom is -0.395 e. The highest BCUT2D eigenvalue weighted by Gasteiger charge is 2.58. The number of aliphatic hydroxyl groups excluding tert-OH is 1. The average molecular weight is 481 g/mol. The third-order valence-electron chi connectivity index (χ3n) is 8.39. The van der Waals surface area contributed by atoms with E-state index < -0.39 is 10.0 Å². The number of aliphatic hydroxyl groups is 1. The standard InChI is InChI=1S/C22H32N4O6S/c27-4-3-25-8-17-18(9-25)19(17)12-33(29,30)26-15-1-2-16(26)6-14(5-15)23-22(28)20-7-21(32-24-20)13-10-31-11-13/h7,13-19,27H,1-6,8-12H2,(H,23,28)/t14?,15-,16+,17-,18+,19?. The number of rotatable bonds is 8. The Morgan fingerprint density at radius 2 is 1.88 bits per heavy atom. The molecule has 182 valence electrons. The van der Waals surface area contributed by atoms with Crippen LogP contribution in [0.15, 0.2) is 10.6 Å². The largest absolute Gasteiger partial charge is 0.395 e. The molecule has 11 heteroatoms. The van der Waals surface area contributed by atoms with Gasteiger partial charge in [0, 0.05) is 43.8 Å². The molecule has 2 bridgehead atoms. The normalized spacial score (nSPS) is 36.5. The van der Waals surface area contributed by atoms with Crippen LogP contribution in [0.3, 0.4) is 0 Å². The molecule has 1 amide bonds. The van der Waals surface area contributed by atoms with Crippen LogP contribution in [0.4, 0.5) is 0 Å². The maximum Gasteiger partial charge on any atom is 0.273 e. The van der Waals surface area contributed by atoms with Gasteiger partial charge in [0.25, 0.3) is 5.91 Å². The van der Waals surface area contributed by atoms with E-state index in [1.807, 2.05) is 0 Å². The van der Waals surface area contributed by atoms with Crippen molar-refractivity contribution in [1.29, 1.82) is 0 Å². The van der Waals surface area contributed by atoms with Crippen LogP contribution in [0.2, 0.25) is 0 Å². The zero-order valence-electron chi connectivity index (χ0n) is 18.6. The highest BCUT2D eigenvalue weighted by Crippen LogP contribution is 2.53. The monoisotopic (exact) mass is 480 g/mol. The molecule has 4 saturated heterocycles. The number of hydrogen-bond donors (Lipinski definition) is 2. The highest BCUT2D eigenvalue weighted by molar-refractivity contribution is 7.89. The molecule has 0 aromatic carbocycles. The fourth-order valence-corrected chi connectivity index (χ4v) is 9.04. The first-order valence-corrected chi connectivity index (χ1v) is 13.7. The number of aromatic nitrogens is 1. The van der Waals surface area contributed by atoms with Crippen molar-refractivity contribution in [3.8, 4) is 0 Å². The molecule has 5 aliphatic rings. The van der Waals surface area contributed by atoms with Crippen molar-refractivity contribution in [2.24, 2.45) is 17.8 Å². The van der Waals surface area contributed by atoms with Gasteiger partial charge in [0.05, 0.1) is 31.5 Å². The average Bonchev–Trinajstić information content (AvgIpc) is 3.15. The van der Waals surface area contributed by atoms with Gasteiger partial charge >= 0.3 is 0 Å². The molecule has 6 rings (SSSR count). The van der Waals surface area contributed by atoms with Gasteiger partial charge in [-0.05, 0) is 43.4 Å². The van der Waals surface area contributed by atoms with E-state index in [9.17, 15) is 13.2 Å². The smallest absolute Gasteiger partial charge is 0.273 e. The second-order valence-electron chi connectivity index (χ2n) is 10.5. The summed E-state index contributed by atoms with van der Waals surface area (Å²) in [6.45, 7) is 3.84. The van der Waals surface area contributed by atoms with Crippen LogP contribution in [0.5, 0.6) is 0 Å². The second-order valence-corrected chi connectivity index (χ2v) is 12.4. The maximum absolute atomic E-state index is 13.3. The molecule has 1 saturated carbocycles. The van der Waals surface area contributed by atoms with Crippen molar-refractivity contribution in [2.45, 2.75) is 49.7 Å². The van der Waals surface area contributed by atoms with Crippen molar-refractivity contribution in [2.75, 3.05) is 45.2 Å². The Morgan fingerprint density at radius 1 is 1.18 bits per heavy atom. The number of ether oxygens (including phenoxy) is 1. The van der Waals surface area contributed by atoms with Gasteiger partial charge in [-0.15, -0.1) is 0 Å². The van der Waals surface area contributed by atoms with Crippen molar-refractivity contribution in [1.82, 2.24) is 19.7 Å². The zero-order chi connectivity index (χ0) is 22.7. The number of carbonyl (C=O) groups is 1. The molecule has 1 aromatic heterocycles. The van der Waals surface area contributed by atoms with Crippen molar-refractivity contribution < 1.29 is 27.6 Å². The van der Waals surface area contributed by atoms with Gasteiger partial charge in [0.15, 0.2) is 5.69 Å². The van der Waals surface area contributed by atoms with Crippen molar-refractivity contribution >= 4 is 15.9 Å². The molecular weight excluding hydrogens is 448 g/mol. The third kappa shape index (κ3) is 4.01. The number of nitrogens with zero attached hydrogens (tertiary/aromatic N) is 3. The summed E-state index contributed by atoms with van der Waals surface area (Å²) in [5.74, 6) is 2.00. The molecule has 5 heterocycles. The van der Waals surface area contributed by atoms with Crippen LogP contribution in [-0.2, 0) is 14.8 Å². The van der Waals surface area contributed by atoms with E-state index in [1.54, 1.807) is 10.4 Å². The molecule has 33 heavy (non-hydrogen) atoms. The second kappa shape index (κ2) is 8.30. The minimum absolute atomic E-state index is 0.0384. The lowest BCUT2D eigenvalue weighted by atomic mass is 9.99. The van der Waals surface area contributed by atoms with Gasteiger partial charge in [-0.3, -0.25) is 4.79 Å². The Labute approximate surface area is 193 Å². The van der Waals surface area contributed by atoms with E-state index in [0.717, 1.165) is 25.9 Å². The van der Waals surface area contributed by atoms with Crippen LogP contribution in [-0.4, -0.2) is 97.1 Å². The van der Waals surface area contributed by atoms with E-state index in [-0.39, 0.29) is 53.9 Å². The molecule has 4 aliphatic heterocycles. The van der Waals surface area contributed by atoms with Crippen LogP contribution in [0, 0.1) is 17.8 Å². The first kappa shape index (κ1) is 22.0. The fourth-order valence-electron chi connectivity index (χ4n) is 6.59. The van der Waals surface area contributed by atoms with Crippen molar-refractivity contribution in [3.63, 3.8) is 0 Å². The summed E-state index contributed by atoms with van der Waals surface area (Å²) in [6.07, 6.45) is 3.00. The molecular formula is C22H32N4O6S. The topological polar surface area (TPSA) is 125 Å². The molecule has 0 spiro atoms. The Hall–Kier alpha value is -1.53. The van der Waals surface area contributed by atoms with Gasteiger partial charge in [-0.2, -0.15) is 4.31 Å². The Bertz CT molecular complexity index is 984. The predicted molar refractivity (Wildman–Crippen MR) is 117 cm³/mol. The first-order chi connectivity index (χ1) is 15.9. The lowest BCUT2D eigenvalue weighted by molar-refractivity contribution is -0.00228. The summed E-state index contributed by atoms with van der Waals surface area (Å²) >= 11 is 0. The summed E-state index contributed by atoms with van der Waals surface area (Å²) in [5.41, 5.74) is 0.273. The van der Waals surface area contributed by atoms with Gasteiger partial charge < -0.3 is 24.6 Å². The molecule has 1 aliphatic carbocycles. The van der Waals surface area contributed by atoms with E-state index in [4.69, 9.17) is 14.4 Å². The van der Waals surface area contributed by atoms with Gasteiger partial charge in [0.1, 0.15) is 5.76 Å². The zero-order valence-corrected chi connectivity index (χ0v) is 19.5. The Morgan fingerprint density at radius 3 is 2.48 bits per heavy atom. The number of fused-ring (bicyclic) bond motifs is 3. The summed E-state index contributed by atoms with van der Waals surface area (Å²) in [6, 6.07) is 1.55. The number of amides is 1. The lowest BCUT2D eigenvalue weighted by Gasteiger charge is -2.38. The third-order valence-corrected chi connectivity index (χ3v) is 10.4. The molecule has 5 fully saturated rings. The number of piperidine rings is 2. The quantitative estimate of drug-likeness (QED) is 0.533. The summed E-state index contributed by atoms with van der Waals surface area (Å²) < 4.78 is 38.9. The van der Waals surface area contributed by atoms with Crippen molar-refractivity contribution in [3.05, 3.63) is 17.5 Å². The summed E-state index contributed by atoms with van der Waals surface area (Å²) in [5, 5.41) is 16.1. The van der Waals surface area contributed by atoms with E-state index >= 15 is 0 Å². The number of hydrogen-bond acceptors (Lipinski definition) is 8. The maximum atomic E-state index is 13.3. The number of β-amino-alcohol motifs (C(OH)–C–C–N with tert-alkyl or cyclic N) is 1. The van der Waals surface area contributed by atoms with Crippen LogP contribution >= 0.6 is 0 Å². The number of likely N-dealkylation sites (tertiary alicyclic amines) is 1. The van der Waals surface area contributed by atoms with Crippen LogP contribution in [0.25, 0.3) is 0 Å². The lowest BCUT2D eigenvalue weighted by Crippen LogP contribution is -2.53. The van der Waals surface area contributed by atoms with E-state index in [2.05, 4.69) is 15.4 Å². The number of carbonyl (C=O) groups excluding carboxylic acids is 1. The number of nitrogens with one attached hydrogen (secondary N) is 1. The van der Waals surface area contributed by atoms with Gasteiger partial charge in [0.2, 0.25) is 10.0 Å².